The minimum absolute atomic E-state index is 0.0674. The highest BCUT2D eigenvalue weighted by Gasteiger charge is 2.28. The molecule has 2 heterocycles. The molecule has 0 N–H and O–H groups in total. The first-order valence-corrected chi connectivity index (χ1v) is 9.37. The summed E-state index contributed by atoms with van der Waals surface area (Å²) >= 11 is 6.14. The van der Waals surface area contributed by atoms with Gasteiger partial charge in [-0.2, -0.15) is 4.98 Å². The summed E-state index contributed by atoms with van der Waals surface area (Å²) in [7, 11) is 0. The molecular weight excluding hydrogens is 355 g/mol. The van der Waals surface area contributed by atoms with Crippen molar-refractivity contribution in [1.82, 2.24) is 19.9 Å². The smallest absolute Gasteiger partial charge is 0.243 e. The number of halogens is 2. The van der Waals surface area contributed by atoms with E-state index in [4.69, 9.17) is 16.1 Å². The molecule has 142 valence electrons. The number of nitrogens with zero attached hydrogens (tertiary/aromatic N) is 4. The van der Waals surface area contributed by atoms with E-state index in [1.165, 1.54) is 6.07 Å². The van der Waals surface area contributed by atoms with Crippen molar-refractivity contribution in [2.24, 2.45) is 0 Å². The maximum atomic E-state index is 14.0. The zero-order chi connectivity index (χ0) is 18.9. The maximum Gasteiger partial charge on any atom is 0.243 e. The molecule has 0 radical (unpaired) electrons. The third kappa shape index (κ3) is 4.24. The van der Waals surface area contributed by atoms with Crippen LogP contribution < -0.4 is 0 Å². The number of piperazine rings is 1. The first-order chi connectivity index (χ1) is 12.3. The van der Waals surface area contributed by atoms with Crippen molar-refractivity contribution in [2.45, 2.75) is 45.7 Å². The van der Waals surface area contributed by atoms with Gasteiger partial charge in [0.2, 0.25) is 5.89 Å². The monoisotopic (exact) mass is 380 g/mol. The quantitative estimate of drug-likeness (QED) is 0.801. The summed E-state index contributed by atoms with van der Waals surface area (Å²) in [5.41, 5.74) is 0.446. The molecule has 0 bridgehead atoms. The van der Waals surface area contributed by atoms with Crippen LogP contribution in [-0.4, -0.2) is 46.1 Å². The fraction of sp³-hybridized carbons (Fsp3) is 0.579. The van der Waals surface area contributed by atoms with Gasteiger partial charge in [-0.3, -0.25) is 9.80 Å². The van der Waals surface area contributed by atoms with E-state index in [1.54, 1.807) is 12.1 Å². The van der Waals surface area contributed by atoms with E-state index in [0.717, 1.165) is 32.0 Å². The van der Waals surface area contributed by atoms with Crippen LogP contribution in [-0.2, 0) is 12.0 Å². The Morgan fingerprint density at radius 3 is 2.50 bits per heavy atom. The highest BCUT2D eigenvalue weighted by Crippen LogP contribution is 2.26. The van der Waals surface area contributed by atoms with Gasteiger partial charge in [0.05, 0.1) is 6.04 Å². The van der Waals surface area contributed by atoms with Gasteiger partial charge in [-0.25, -0.2) is 4.39 Å². The molecule has 1 unspecified atom stereocenters. The Bertz CT molecular complexity index is 730. The molecule has 26 heavy (non-hydrogen) atoms. The predicted octanol–water partition coefficient (Wildman–Crippen LogP) is 4.04. The highest BCUT2D eigenvalue weighted by molar-refractivity contribution is 6.31. The minimum Gasteiger partial charge on any atom is -0.338 e. The maximum absolute atomic E-state index is 14.0. The van der Waals surface area contributed by atoms with Gasteiger partial charge in [0.25, 0.3) is 0 Å². The SMILES string of the molecule is CC(c1nc(C(C)(C)C)no1)N1CCN(Cc2c(F)cccc2Cl)CC1. The Morgan fingerprint density at radius 2 is 1.92 bits per heavy atom. The molecule has 1 fully saturated rings. The Kier molecular flexibility index (Phi) is 5.65. The average molecular weight is 381 g/mol. The second-order valence-electron chi connectivity index (χ2n) is 7.89. The van der Waals surface area contributed by atoms with E-state index in [1.807, 2.05) is 0 Å². The van der Waals surface area contributed by atoms with E-state index in [-0.39, 0.29) is 17.3 Å². The largest absolute Gasteiger partial charge is 0.338 e. The summed E-state index contributed by atoms with van der Waals surface area (Å²) in [5, 5.41) is 4.60. The van der Waals surface area contributed by atoms with Crippen LogP contribution in [0.15, 0.2) is 22.7 Å². The lowest BCUT2D eigenvalue weighted by Gasteiger charge is -2.37. The molecule has 2 aromatic rings. The summed E-state index contributed by atoms with van der Waals surface area (Å²) in [6.45, 7) is 12.2. The summed E-state index contributed by atoms with van der Waals surface area (Å²) in [4.78, 5) is 9.11. The molecule has 7 heteroatoms. The number of benzene rings is 1. The Balaban J connectivity index is 1.59. The van der Waals surface area contributed by atoms with Crippen LogP contribution in [0.5, 0.6) is 0 Å². The van der Waals surface area contributed by atoms with Crippen LogP contribution in [0.25, 0.3) is 0 Å². The Hall–Kier alpha value is -1.50. The fourth-order valence-corrected chi connectivity index (χ4v) is 3.30. The van der Waals surface area contributed by atoms with Gasteiger partial charge in [0.15, 0.2) is 5.82 Å². The Morgan fingerprint density at radius 1 is 1.23 bits per heavy atom. The normalized spacial score (nSPS) is 18.2. The topological polar surface area (TPSA) is 45.4 Å². The zero-order valence-electron chi connectivity index (χ0n) is 15.8. The van der Waals surface area contributed by atoms with Crippen molar-refractivity contribution in [3.63, 3.8) is 0 Å². The molecular formula is C19H26ClFN4O. The standard InChI is InChI=1S/C19H26ClFN4O/c1-13(17-22-18(23-26-17)19(2,3)4)25-10-8-24(9-11-25)12-14-15(20)6-5-7-16(14)21/h5-7,13H,8-12H2,1-4H3. The van der Waals surface area contributed by atoms with Crippen molar-refractivity contribution in [3.8, 4) is 0 Å². The van der Waals surface area contributed by atoms with Crippen LogP contribution in [0.2, 0.25) is 5.02 Å². The zero-order valence-corrected chi connectivity index (χ0v) is 16.6. The molecule has 1 aromatic heterocycles. The number of aromatic nitrogens is 2. The van der Waals surface area contributed by atoms with Crippen LogP contribution >= 0.6 is 11.6 Å². The third-order valence-electron chi connectivity index (χ3n) is 4.87. The average Bonchev–Trinajstić information content (AvgIpc) is 3.09. The van der Waals surface area contributed by atoms with E-state index in [2.05, 4.69) is 47.6 Å². The third-order valence-corrected chi connectivity index (χ3v) is 5.22. The van der Waals surface area contributed by atoms with Crippen molar-refractivity contribution in [2.75, 3.05) is 26.2 Å². The molecule has 0 amide bonds. The molecule has 1 saturated heterocycles. The molecule has 1 aliphatic rings. The molecule has 0 aliphatic carbocycles. The highest BCUT2D eigenvalue weighted by atomic mass is 35.5. The van der Waals surface area contributed by atoms with Gasteiger partial charge in [-0.15, -0.1) is 0 Å². The van der Waals surface area contributed by atoms with Crippen molar-refractivity contribution in [1.29, 1.82) is 0 Å². The van der Waals surface area contributed by atoms with Gasteiger partial charge in [0, 0.05) is 48.7 Å². The van der Waals surface area contributed by atoms with E-state index >= 15 is 0 Å². The molecule has 1 aromatic carbocycles. The number of hydrogen-bond donors (Lipinski definition) is 0. The number of hydrogen-bond acceptors (Lipinski definition) is 5. The van der Waals surface area contributed by atoms with Crippen molar-refractivity contribution >= 4 is 11.6 Å². The van der Waals surface area contributed by atoms with Crippen molar-refractivity contribution < 1.29 is 8.91 Å². The van der Waals surface area contributed by atoms with E-state index in [0.29, 0.717) is 23.0 Å². The summed E-state index contributed by atoms with van der Waals surface area (Å²) in [6, 6.07) is 4.90. The van der Waals surface area contributed by atoms with Crippen LogP contribution in [0, 0.1) is 5.82 Å². The Labute approximate surface area is 159 Å². The minimum atomic E-state index is -0.242. The van der Waals surface area contributed by atoms with Gasteiger partial charge in [-0.1, -0.05) is 43.6 Å². The van der Waals surface area contributed by atoms with Gasteiger partial charge >= 0.3 is 0 Å². The second kappa shape index (κ2) is 7.62. The van der Waals surface area contributed by atoms with Crippen LogP contribution in [0.3, 0.4) is 0 Å². The van der Waals surface area contributed by atoms with E-state index < -0.39 is 0 Å². The summed E-state index contributed by atoms with van der Waals surface area (Å²) < 4.78 is 19.5. The summed E-state index contributed by atoms with van der Waals surface area (Å²) in [6.07, 6.45) is 0. The van der Waals surface area contributed by atoms with E-state index in [9.17, 15) is 4.39 Å². The lowest BCUT2D eigenvalue weighted by atomic mass is 9.96. The van der Waals surface area contributed by atoms with Crippen LogP contribution in [0.1, 0.15) is 51.0 Å². The molecule has 5 nitrogen and oxygen atoms in total. The molecule has 0 saturated carbocycles. The van der Waals surface area contributed by atoms with Crippen LogP contribution in [0.4, 0.5) is 4.39 Å². The second-order valence-corrected chi connectivity index (χ2v) is 8.30. The summed E-state index contributed by atoms with van der Waals surface area (Å²) in [5.74, 6) is 1.14. The van der Waals surface area contributed by atoms with Gasteiger partial charge in [0.1, 0.15) is 5.82 Å². The lowest BCUT2D eigenvalue weighted by Crippen LogP contribution is -2.46. The molecule has 0 spiro atoms. The molecule has 1 aliphatic heterocycles. The predicted molar refractivity (Wildman–Crippen MR) is 99.7 cm³/mol. The lowest BCUT2D eigenvalue weighted by molar-refractivity contribution is 0.0839. The van der Waals surface area contributed by atoms with Crippen molar-refractivity contribution in [3.05, 3.63) is 46.3 Å². The molecule has 3 rings (SSSR count). The first-order valence-electron chi connectivity index (χ1n) is 8.99. The molecule has 1 atom stereocenters. The first kappa shape index (κ1) is 19.3. The van der Waals surface area contributed by atoms with Gasteiger partial charge in [-0.05, 0) is 19.1 Å². The fourth-order valence-electron chi connectivity index (χ4n) is 3.08. The van der Waals surface area contributed by atoms with Gasteiger partial charge < -0.3 is 4.52 Å². The number of rotatable bonds is 4.